The zero-order chi connectivity index (χ0) is 21.7. The summed E-state index contributed by atoms with van der Waals surface area (Å²) in [6.45, 7) is 3.98. The van der Waals surface area contributed by atoms with Crippen LogP contribution < -0.4 is 19.5 Å². The van der Waals surface area contributed by atoms with Crippen molar-refractivity contribution in [1.82, 2.24) is 10.2 Å². The monoisotopic (exact) mass is 409 g/mol. The van der Waals surface area contributed by atoms with Gasteiger partial charge in [0.05, 0.1) is 21.3 Å². The van der Waals surface area contributed by atoms with Gasteiger partial charge in [-0.25, -0.2) is 0 Å². The van der Waals surface area contributed by atoms with Gasteiger partial charge in [0.25, 0.3) is 5.91 Å². The summed E-state index contributed by atoms with van der Waals surface area (Å²) in [5.41, 5.74) is 3.67. The fourth-order valence-corrected chi connectivity index (χ4v) is 3.01. The Kier molecular flexibility index (Phi) is 6.36. The lowest BCUT2D eigenvalue weighted by atomic mass is 10.1. The highest BCUT2D eigenvalue weighted by atomic mass is 16.5. The molecule has 1 heterocycles. The number of nitrogens with one attached hydrogen (secondary N) is 1. The number of anilines is 1. The molecule has 0 aliphatic carbocycles. The van der Waals surface area contributed by atoms with Crippen LogP contribution in [0.3, 0.4) is 0 Å². The molecule has 0 aliphatic rings. The van der Waals surface area contributed by atoms with Gasteiger partial charge in [-0.2, -0.15) is 0 Å². The summed E-state index contributed by atoms with van der Waals surface area (Å²) in [7, 11) is 4.58. The third-order valence-corrected chi connectivity index (χ3v) is 4.24. The molecule has 156 valence electrons. The van der Waals surface area contributed by atoms with Crippen LogP contribution in [0.2, 0.25) is 0 Å². The first-order valence-electron chi connectivity index (χ1n) is 9.14. The lowest BCUT2D eigenvalue weighted by Crippen LogP contribution is -2.07. The van der Waals surface area contributed by atoms with Gasteiger partial charge in [-0.3, -0.25) is 10.1 Å². The number of methoxy groups -OCH3 is 3. The molecule has 0 fully saturated rings. The second kappa shape index (κ2) is 9.13. The molecular formula is C22H23N3O5. The summed E-state index contributed by atoms with van der Waals surface area (Å²) in [5, 5.41) is 10.4. The topological polar surface area (TPSA) is 95.7 Å². The molecular weight excluding hydrogens is 386 g/mol. The number of carbonyl (C=O) groups excluding carboxylic acids is 1. The minimum atomic E-state index is -0.417. The van der Waals surface area contributed by atoms with Gasteiger partial charge < -0.3 is 18.6 Å². The number of hydrogen-bond donors (Lipinski definition) is 1. The molecule has 0 bridgehead atoms. The van der Waals surface area contributed by atoms with Gasteiger partial charge in [0.1, 0.15) is 0 Å². The molecule has 30 heavy (non-hydrogen) atoms. The highest BCUT2D eigenvalue weighted by Crippen LogP contribution is 2.38. The van der Waals surface area contributed by atoms with Crippen molar-refractivity contribution < 1.29 is 23.4 Å². The molecule has 3 rings (SSSR count). The highest BCUT2D eigenvalue weighted by molar-refractivity contribution is 6.00. The number of benzene rings is 2. The quantitative estimate of drug-likeness (QED) is 0.589. The van der Waals surface area contributed by atoms with E-state index in [1.54, 1.807) is 18.2 Å². The molecule has 8 heteroatoms. The van der Waals surface area contributed by atoms with E-state index in [0.717, 1.165) is 16.7 Å². The molecule has 0 saturated heterocycles. The molecule has 0 aliphatic heterocycles. The Balaban J connectivity index is 1.73. The Hall–Kier alpha value is -3.81. The molecule has 0 saturated carbocycles. The van der Waals surface area contributed by atoms with Gasteiger partial charge in [-0.1, -0.05) is 22.3 Å². The predicted octanol–water partition coefficient (Wildman–Crippen LogP) is 4.03. The van der Waals surface area contributed by atoms with E-state index in [0.29, 0.717) is 28.7 Å². The second-order valence-corrected chi connectivity index (χ2v) is 6.57. The maximum absolute atomic E-state index is 12.3. The van der Waals surface area contributed by atoms with E-state index in [9.17, 15) is 4.79 Å². The Bertz CT molecular complexity index is 1040. The number of ether oxygens (including phenoxy) is 3. The summed E-state index contributed by atoms with van der Waals surface area (Å²) in [6, 6.07) is 9.42. The van der Waals surface area contributed by atoms with Crippen molar-refractivity contribution in [2.24, 2.45) is 0 Å². The molecule has 0 radical (unpaired) electrons. The average Bonchev–Trinajstić information content (AvgIpc) is 3.19. The van der Waals surface area contributed by atoms with Crippen LogP contribution in [0.1, 0.15) is 16.7 Å². The third kappa shape index (κ3) is 4.78. The number of aromatic nitrogens is 2. The van der Waals surface area contributed by atoms with E-state index in [2.05, 4.69) is 21.6 Å². The maximum Gasteiger partial charge on any atom is 0.322 e. The van der Waals surface area contributed by atoms with Gasteiger partial charge in [-0.15, -0.1) is 5.10 Å². The van der Waals surface area contributed by atoms with E-state index in [4.69, 9.17) is 18.6 Å². The van der Waals surface area contributed by atoms with Gasteiger partial charge in [-0.05, 0) is 49.8 Å². The molecule has 0 spiro atoms. The number of hydrogen-bond acceptors (Lipinski definition) is 7. The van der Waals surface area contributed by atoms with Crippen molar-refractivity contribution in [2.45, 2.75) is 13.8 Å². The third-order valence-electron chi connectivity index (χ3n) is 4.24. The van der Waals surface area contributed by atoms with E-state index < -0.39 is 5.91 Å². The smallest absolute Gasteiger partial charge is 0.322 e. The largest absolute Gasteiger partial charge is 0.493 e. The molecule has 1 aromatic heterocycles. The molecule has 1 N–H and O–H groups in total. The van der Waals surface area contributed by atoms with E-state index >= 15 is 0 Å². The van der Waals surface area contributed by atoms with Crippen molar-refractivity contribution >= 4 is 18.0 Å². The van der Waals surface area contributed by atoms with Crippen molar-refractivity contribution in [3.8, 4) is 28.7 Å². The van der Waals surface area contributed by atoms with Gasteiger partial charge in [0.15, 0.2) is 11.5 Å². The lowest BCUT2D eigenvalue weighted by molar-refractivity contribution is -0.112. The summed E-state index contributed by atoms with van der Waals surface area (Å²) >= 11 is 0. The summed E-state index contributed by atoms with van der Waals surface area (Å²) in [4.78, 5) is 12.3. The minimum absolute atomic E-state index is 0.0173. The van der Waals surface area contributed by atoms with Gasteiger partial charge in [0.2, 0.25) is 11.6 Å². The van der Waals surface area contributed by atoms with E-state index in [1.165, 1.54) is 27.4 Å². The predicted molar refractivity (Wildman–Crippen MR) is 113 cm³/mol. The minimum Gasteiger partial charge on any atom is -0.493 e. The van der Waals surface area contributed by atoms with Crippen LogP contribution in [0, 0.1) is 13.8 Å². The molecule has 3 aromatic rings. The second-order valence-electron chi connectivity index (χ2n) is 6.57. The number of rotatable bonds is 7. The first-order chi connectivity index (χ1) is 14.4. The van der Waals surface area contributed by atoms with Crippen molar-refractivity contribution in [1.29, 1.82) is 0 Å². The van der Waals surface area contributed by atoms with Crippen LogP contribution in [0.4, 0.5) is 6.01 Å². The van der Waals surface area contributed by atoms with Crippen LogP contribution in [0.5, 0.6) is 17.2 Å². The summed E-state index contributed by atoms with van der Waals surface area (Å²) in [5.74, 6) is 1.38. The Morgan fingerprint density at radius 1 is 0.933 bits per heavy atom. The van der Waals surface area contributed by atoms with Crippen molar-refractivity contribution in [2.75, 3.05) is 26.6 Å². The normalized spacial score (nSPS) is 10.8. The molecule has 0 atom stereocenters. The Labute approximate surface area is 174 Å². The summed E-state index contributed by atoms with van der Waals surface area (Å²) in [6.07, 6.45) is 2.96. The van der Waals surface area contributed by atoms with Gasteiger partial charge in [0, 0.05) is 11.6 Å². The Morgan fingerprint density at radius 2 is 1.57 bits per heavy atom. The van der Waals surface area contributed by atoms with Gasteiger partial charge >= 0.3 is 6.01 Å². The molecule has 8 nitrogen and oxygen atoms in total. The fourth-order valence-electron chi connectivity index (χ4n) is 3.01. The van der Waals surface area contributed by atoms with Crippen molar-refractivity contribution in [3.63, 3.8) is 0 Å². The number of nitrogens with zero attached hydrogens (tertiary/aromatic N) is 2. The van der Waals surface area contributed by atoms with Crippen LogP contribution in [0.25, 0.3) is 17.5 Å². The number of carbonyl (C=O) groups is 1. The van der Waals surface area contributed by atoms with Crippen molar-refractivity contribution in [3.05, 3.63) is 53.1 Å². The lowest BCUT2D eigenvalue weighted by Gasteiger charge is -2.12. The first kappa shape index (κ1) is 20.9. The highest BCUT2D eigenvalue weighted by Gasteiger charge is 2.13. The standard InChI is InChI=1S/C22H23N3O5/c1-13-8-14(2)10-16(9-13)21-24-25-22(30-21)23-19(26)7-6-15-11-17(27-3)20(29-5)18(12-15)28-4/h6-12H,1-5H3,(H,23,25,26). The molecule has 1 amide bonds. The number of amides is 1. The van der Waals surface area contributed by atoms with E-state index in [1.807, 2.05) is 26.0 Å². The average molecular weight is 409 g/mol. The zero-order valence-corrected chi connectivity index (χ0v) is 17.5. The summed E-state index contributed by atoms with van der Waals surface area (Å²) < 4.78 is 21.5. The van der Waals surface area contributed by atoms with Crippen LogP contribution in [-0.4, -0.2) is 37.4 Å². The molecule has 2 aromatic carbocycles. The first-order valence-corrected chi connectivity index (χ1v) is 9.14. The number of aryl methyl sites for hydroxylation is 2. The maximum atomic E-state index is 12.3. The molecule has 0 unspecified atom stereocenters. The Morgan fingerprint density at radius 3 is 2.13 bits per heavy atom. The van der Waals surface area contributed by atoms with Crippen LogP contribution >= 0.6 is 0 Å². The van der Waals surface area contributed by atoms with Crippen LogP contribution in [-0.2, 0) is 4.79 Å². The van der Waals surface area contributed by atoms with Crippen LogP contribution in [0.15, 0.2) is 40.8 Å². The zero-order valence-electron chi connectivity index (χ0n) is 17.5. The SMILES string of the molecule is COc1cc(C=CC(=O)Nc2nnc(-c3cc(C)cc(C)c3)o2)cc(OC)c1OC. The van der Waals surface area contributed by atoms with E-state index in [-0.39, 0.29) is 6.01 Å². The fraction of sp³-hybridized carbons (Fsp3) is 0.227.